The van der Waals surface area contributed by atoms with Crippen LogP contribution in [0.4, 0.5) is 4.39 Å². The number of nitrogens with zero attached hydrogens (tertiary/aromatic N) is 1. The average molecular weight is 273 g/mol. The molecule has 2 rings (SSSR count). The SMILES string of the molecule is Cc1ncccc1Oc1cc(F)cc(/C=C/C(=O)O)c1. The van der Waals surface area contributed by atoms with Crippen molar-refractivity contribution in [2.24, 2.45) is 0 Å². The molecular formula is C15H12FNO3. The molecule has 0 aliphatic carbocycles. The fourth-order valence-corrected chi connectivity index (χ4v) is 1.61. The molecule has 1 N–H and O–H groups in total. The molecule has 1 aromatic carbocycles. The van der Waals surface area contributed by atoms with E-state index in [1.807, 2.05) is 0 Å². The van der Waals surface area contributed by atoms with Crippen LogP contribution >= 0.6 is 0 Å². The van der Waals surface area contributed by atoms with Crippen molar-refractivity contribution in [1.29, 1.82) is 0 Å². The normalized spacial score (nSPS) is 10.7. The highest BCUT2D eigenvalue weighted by Gasteiger charge is 2.04. The fourth-order valence-electron chi connectivity index (χ4n) is 1.61. The average Bonchev–Trinajstić information content (AvgIpc) is 2.38. The molecule has 0 aliphatic heterocycles. The van der Waals surface area contributed by atoms with Gasteiger partial charge >= 0.3 is 5.97 Å². The van der Waals surface area contributed by atoms with Crippen LogP contribution in [0.5, 0.6) is 11.5 Å². The van der Waals surface area contributed by atoms with Crippen molar-refractivity contribution in [2.75, 3.05) is 0 Å². The first-order valence-corrected chi connectivity index (χ1v) is 5.85. The fraction of sp³-hybridized carbons (Fsp3) is 0.0667. The first-order chi connectivity index (χ1) is 9.54. The van der Waals surface area contributed by atoms with Gasteiger partial charge in [-0.15, -0.1) is 0 Å². The Bertz CT molecular complexity index is 668. The van der Waals surface area contributed by atoms with Gasteiger partial charge in [-0.2, -0.15) is 0 Å². The van der Waals surface area contributed by atoms with Crippen LogP contribution in [0.25, 0.3) is 6.08 Å². The topological polar surface area (TPSA) is 59.4 Å². The quantitative estimate of drug-likeness (QED) is 0.867. The van der Waals surface area contributed by atoms with Crippen molar-refractivity contribution in [3.8, 4) is 11.5 Å². The Labute approximate surface area is 115 Å². The van der Waals surface area contributed by atoms with Gasteiger partial charge in [0.2, 0.25) is 0 Å². The van der Waals surface area contributed by atoms with Crippen molar-refractivity contribution < 1.29 is 19.0 Å². The van der Waals surface area contributed by atoms with Gasteiger partial charge in [-0.25, -0.2) is 9.18 Å². The van der Waals surface area contributed by atoms with Gasteiger partial charge in [-0.1, -0.05) is 0 Å². The van der Waals surface area contributed by atoms with Gasteiger partial charge in [-0.3, -0.25) is 4.98 Å². The Morgan fingerprint density at radius 1 is 1.40 bits per heavy atom. The van der Waals surface area contributed by atoms with E-state index in [0.717, 1.165) is 6.08 Å². The van der Waals surface area contributed by atoms with Crippen molar-refractivity contribution in [3.05, 3.63) is 59.7 Å². The molecule has 0 radical (unpaired) electrons. The first kappa shape index (κ1) is 13.7. The largest absolute Gasteiger partial charge is 0.478 e. The van der Waals surface area contributed by atoms with Gasteiger partial charge in [0, 0.05) is 18.3 Å². The molecule has 0 fully saturated rings. The Kier molecular flexibility index (Phi) is 4.10. The molecule has 0 bridgehead atoms. The summed E-state index contributed by atoms with van der Waals surface area (Å²) in [7, 11) is 0. The van der Waals surface area contributed by atoms with E-state index < -0.39 is 11.8 Å². The van der Waals surface area contributed by atoms with E-state index in [-0.39, 0.29) is 5.75 Å². The van der Waals surface area contributed by atoms with Crippen LogP contribution in [0.1, 0.15) is 11.3 Å². The second-order valence-electron chi connectivity index (χ2n) is 4.08. The zero-order chi connectivity index (χ0) is 14.5. The highest BCUT2D eigenvalue weighted by atomic mass is 19.1. The third-order valence-corrected chi connectivity index (χ3v) is 2.50. The van der Waals surface area contributed by atoms with E-state index in [0.29, 0.717) is 17.0 Å². The number of benzene rings is 1. The van der Waals surface area contributed by atoms with Crippen LogP contribution < -0.4 is 4.74 Å². The summed E-state index contributed by atoms with van der Waals surface area (Å²) in [5.74, 6) is -0.800. The maximum absolute atomic E-state index is 13.5. The summed E-state index contributed by atoms with van der Waals surface area (Å²) in [5.41, 5.74) is 1.09. The smallest absolute Gasteiger partial charge is 0.328 e. The lowest BCUT2D eigenvalue weighted by atomic mass is 10.2. The van der Waals surface area contributed by atoms with Gasteiger partial charge in [-0.05, 0) is 42.8 Å². The molecule has 0 saturated carbocycles. The minimum atomic E-state index is -1.10. The number of pyridine rings is 1. The predicted octanol–water partition coefficient (Wildman–Crippen LogP) is 3.42. The van der Waals surface area contributed by atoms with E-state index in [4.69, 9.17) is 9.84 Å². The van der Waals surface area contributed by atoms with E-state index >= 15 is 0 Å². The monoisotopic (exact) mass is 273 g/mol. The Morgan fingerprint density at radius 2 is 2.20 bits per heavy atom. The summed E-state index contributed by atoms with van der Waals surface area (Å²) in [5, 5.41) is 8.56. The van der Waals surface area contributed by atoms with Crippen LogP contribution in [-0.2, 0) is 4.79 Å². The van der Waals surface area contributed by atoms with Gasteiger partial charge in [0.1, 0.15) is 17.3 Å². The highest BCUT2D eigenvalue weighted by Crippen LogP contribution is 2.25. The number of halogens is 1. The number of aryl methyl sites for hydroxylation is 1. The Morgan fingerprint density at radius 3 is 2.90 bits per heavy atom. The van der Waals surface area contributed by atoms with Crippen LogP contribution in [0, 0.1) is 12.7 Å². The van der Waals surface area contributed by atoms with Crippen LogP contribution in [0.3, 0.4) is 0 Å². The number of aromatic nitrogens is 1. The number of aliphatic carboxylic acids is 1. The number of carboxylic acids is 1. The third kappa shape index (κ3) is 3.65. The van der Waals surface area contributed by atoms with E-state index in [1.54, 1.807) is 31.3 Å². The van der Waals surface area contributed by atoms with E-state index in [1.165, 1.54) is 18.2 Å². The lowest BCUT2D eigenvalue weighted by molar-refractivity contribution is -0.131. The van der Waals surface area contributed by atoms with Crippen LogP contribution in [0.2, 0.25) is 0 Å². The van der Waals surface area contributed by atoms with Crippen molar-refractivity contribution in [3.63, 3.8) is 0 Å². The maximum atomic E-state index is 13.5. The number of hydrogen-bond donors (Lipinski definition) is 1. The summed E-state index contributed by atoms with van der Waals surface area (Å²) in [6.45, 7) is 1.78. The van der Waals surface area contributed by atoms with Gasteiger partial charge in [0.25, 0.3) is 0 Å². The summed E-state index contributed by atoms with van der Waals surface area (Å²) >= 11 is 0. The molecule has 0 aliphatic rings. The summed E-state index contributed by atoms with van der Waals surface area (Å²) < 4.78 is 19.0. The van der Waals surface area contributed by atoms with Crippen LogP contribution in [0.15, 0.2) is 42.6 Å². The van der Waals surface area contributed by atoms with Gasteiger partial charge < -0.3 is 9.84 Å². The summed E-state index contributed by atoms with van der Waals surface area (Å²) in [4.78, 5) is 14.5. The molecule has 0 unspecified atom stereocenters. The molecule has 20 heavy (non-hydrogen) atoms. The molecule has 0 spiro atoms. The predicted molar refractivity (Wildman–Crippen MR) is 72.1 cm³/mol. The molecular weight excluding hydrogens is 261 g/mol. The number of rotatable bonds is 4. The van der Waals surface area contributed by atoms with Crippen LogP contribution in [-0.4, -0.2) is 16.1 Å². The standard InChI is InChI=1S/C15H12FNO3/c1-10-14(3-2-6-17-10)20-13-8-11(4-5-15(18)19)7-12(16)9-13/h2-9H,1H3,(H,18,19)/b5-4+. The molecule has 0 saturated heterocycles. The highest BCUT2D eigenvalue weighted by molar-refractivity contribution is 5.85. The zero-order valence-corrected chi connectivity index (χ0v) is 10.7. The summed E-state index contributed by atoms with van der Waals surface area (Å²) in [6.07, 6.45) is 3.87. The maximum Gasteiger partial charge on any atom is 0.328 e. The van der Waals surface area contributed by atoms with Crippen molar-refractivity contribution in [2.45, 2.75) is 6.92 Å². The zero-order valence-electron chi connectivity index (χ0n) is 10.7. The number of ether oxygens (including phenoxy) is 1. The van der Waals surface area contributed by atoms with E-state index in [9.17, 15) is 9.18 Å². The molecule has 0 atom stereocenters. The number of carboxylic acid groups (broad SMARTS) is 1. The molecule has 2 aromatic rings. The summed E-state index contributed by atoms with van der Waals surface area (Å²) in [6, 6.07) is 7.44. The van der Waals surface area contributed by atoms with E-state index in [2.05, 4.69) is 4.98 Å². The second kappa shape index (κ2) is 5.97. The van der Waals surface area contributed by atoms with Gasteiger partial charge in [0.15, 0.2) is 0 Å². The number of hydrogen-bond acceptors (Lipinski definition) is 3. The lowest BCUT2D eigenvalue weighted by Crippen LogP contribution is -1.91. The van der Waals surface area contributed by atoms with Crippen molar-refractivity contribution >= 4 is 12.0 Å². The first-order valence-electron chi connectivity index (χ1n) is 5.85. The lowest BCUT2D eigenvalue weighted by Gasteiger charge is -2.08. The molecule has 0 amide bonds. The molecule has 5 heteroatoms. The van der Waals surface area contributed by atoms with Crippen molar-refractivity contribution in [1.82, 2.24) is 4.98 Å². The number of carbonyl (C=O) groups is 1. The second-order valence-corrected chi connectivity index (χ2v) is 4.08. The Balaban J connectivity index is 2.29. The molecule has 1 heterocycles. The minimum absolute atomic E-state index is 0.283. The molecule has 4 nitrogen and oxygen atoms in total. The molecule has 102 valence electrons. The molecule has 1 aromatic heterocycles. The third-order valence-electron chi connectivity index (χ3n) is 2.50. The Hall–Kier alpha value is -2.69. The van der Waals surface area contributed by atoms with Gasteiger partial charge in [0.05, 0.1) is 5.69 Å². The minimum Gasteiger partial charge on any atom is -0.478 e.